The highest BCUT2D eigenvalue weighted by molar-refractivity contribution is 6.24. The topological polar surface area (TPSA) is 0 Å². The fourth-order valence-corrected chi connectivity index (χ4v) is 6.18. The first kappa shape index (κ1) is 24.9. The van der Waals surface area contributed by atoms with Crippen LogP contribution in [0.15, 0.2) is 60.7 Å². The molecule has 0 heterocycles. The maximum atomic E-state index is 15.4. The van der Waals surface area contributed by atoms with Gasteiger partial charge in [0.25, 0.3) is 0 Å². The molecule has 0 amide bonds. The zero-order valence-electron chi connectivity index (χ0n) is 19.9. The van der Waals surface area contributed by atoms with E-state index in [2.05, 4.69) is 6.92 Å². The third-order valence-corrected chi connectivity index (χ3v) is 8.18. The minimum atomic E-state index is -1.09. The lowest BCUT2D eigenvalue weighted by atomic mass is 9.68. The molecule has 3 unspecified atom stereocenters. The third-order valence-electron chi connectivity index (χ3n) is 7.52. The largest absolute Gasteiger partial charge is 0.207 e. The second-order valence-electron chi connectivity index (χ2n) is 9.67. The van der Waals surface area contributed by atoms with Gasteiger partial charge in [-0.15, -0.1) is 11.6 Å². The molecule has 3 aromatic rings. The van der Waals surface area contributed by atoms with Crippen LogP contribution < -0.4 is 0 Å². The normalized spacial score (nSPS) is 21.4. The number of hydrogen-bond acceptors (Lipinski definition) is 0. The van der Waals surface area contributed by atoms with Gasteiger partial charge in [0.15, 0.2) is 11.6 Å². The van der Waals surface area contributed by atoms with Gasteiger partial charge in [-0.25, -0.2) is 13.2 Å². The van der Waals surface area contributed by atoms with Gasteiger partial charge < -0.3 is 0 Å². The zero-order chi connectivity index (χ0) is 24.3. The predicted octanol–water partition coefficient (Wildman–Crippen LogP) is 9.90. The summed E-state index contributed by atoms with van der Waals surface area (Å²) < 4.78 is 46.1. The number of hydrogen-bond donors (Lipinski definition) is 0. The zero-order valence-corrected chi connectivity index (χ0v) is 20.6. The highest BCUT2D eigenvalue weighted by Crippen LogP contribution is 2.50. The number of alkyl halides is 1. The van der Waals surface area contributed by atoms with Crippen molar-refractivity contribution in [1.29, 1.82) is 0 Å². The summed E-state index contributed by atoms with van der Waals surface area (Å²) in [7, 11) is 0. The molecule has 0 spiro atoms. The van der Waals surface area contributed by atoms with E-state index in [-0.39, 0.29) is 17.0 Å². The van der Waals surface area contributed by atoms with Crippen molar-refractivity contribution in [1.82, 2.24) is 0 Å². The summed E-state index contributed by atoms with van der Waals surface area (Å²) in [6.07, 6.45) is 6.45. The van der Waals surface area contributed by atoms with Crippen molar-refractivity contribution in [2.24, 2.45) is 5.92 Å². The molecular formula is C30H32ClF3. The summed E-state index contributed by atoms with van der Waals surface area (Å²) >= 11 is 7.06. The quantitative estimate of drug-likeness (QED) is 0.231. The molecule has 0 radical (unpaired) electrons. The van der Waals surface area contributed by atoms with Crippen LogP contribution in [0.3, 0.4) is 0 Å². The monoisotopic (exact) mass is 484 g/mol. The molecule has 4 rings (SSSR count). The molecule has 180 valence electrons. The summed E-state index contributed by atoms with van der Waals surface area (Å²) in [6.45, 7) is 3.91. The molecule has 3 atom stereocenters. The second-order valence-corrected chi connectivity index (χ2v) is 10.4. The highest BCUT2D eigenvalue weighted by Gasteiger charge is 2.43. The summed E-state index contributed by atoms with van der Waals surface area (Å²) in [6, 6.07) is 18.0. The Morgan fingerprint density at radius 1 is 0.912 bits per heavy atom. The van der Waals surface area contributed by atoms with Crippen molar-refractivity contribution in [2.45, 2.75) is 69.6 Å². The predicted molar refractivity (Wildman–Crippen MR) is 136 cm³/mol. The van der Waals surface area contributed by atoms with E-state index >= 15 is 13.2 Å². The molecule has 0 N–H and O–H groups in total. The van der Waals surface area contributed by atoms with Gasteiger partial charge in [-0.05, 0) is 53.9 Å². The van der Waals surface area contributed by atoms with E-state index in [1.165, 1.54) is 0 Å². The first-order valence-electron chi connectivity index (χ1n) is 12.4. The molecular weight excluding hydrogens is 453 g/mol. The number of unbranched alkanes of at least 4 members (excludes halogenated alkanes) is 1. The van der Waals surface area contributed by atoms with Crippen molar-refractivity contribution >= 4 is 11.6 Å². The Labute approximate surface area is 206 Å². The third kappa shape index (κ3) is 4.91. The van der Waals surface area contributed by atoms with Gasteiger partial charge in [-0.3, -0.25) is 0 Å². The Hall–Kier alpha value is -2.26. The van der Waals surface area contributed by atoms with Crippen molar-refractivity contribution in [3.8, 4) is 22.3 Å². The fraction of sp³-hybridized carbons (Fsp3) is 0.400. The van der Waals surface area contributed by atoms with Crippen molar-refractivity contribution in [3.63, 3.8) is 0 Å². The Morgan fingerprint density at radius 2 is 1.56 bits per heavy atom. The van der Waals surface area contributed by atoms with Crippen LogP contribution in [-0.2, 0) is 0 Å². The molecule has 1 saturated carbocycles. The van der Waals surface area contributed by atoms with E-state index in [1.54, 1.807) is 19.1 Å². The Bertz CT molecular complexity index is 1110. The molecule has 4 heteroatoms. The Morgan fingerprint density at radius 3 is 2.24 bits per heavy atom. The van der Waals surface area contributed by atoms with Crippen LogP contribution in [0.4, 0.5) is 13.2 Å². The van der Waals surface area contributed by atoms with Crippen LogP contribution in [0.25, 0.3) is 22.3 Å². The molecule has 0 bridgehead atoms. The van der Waals surface area contributed by atoms with Gasteiger partial charge in [0, 0.05) is 16.0 Å². The minimum Gasteiger partial charge on any atom is -0.207 e. The first-order chi connectivity index (χ1) is 16.4. The van der Waals surface area contributed by atoms with E-state index in [1.807, 2.05) is 42.5 Å². The van der Waals surface area contributed by atoms with Gasteiger partial charge in [0.2, 0.25) is 0 Å². The van der Waals surface area contributed by atoms with Gasteiger partial charge >= 0.3 is 0 Å². The lowest BCUT2D eigenvalue weighted by Gasteiger charge is -2.43. The molecule has 0 aliphatic heterocycles. The first-order valence-corrected chi connectivity index (χ1v) is 12.8. The lowest BCUT2D eigenvalue weighted by Crippen LogP contribution is -2.38. The van der Waals surface area contributed by atoms with E-state index in [4.69, 9.17) is 11.6 Å². The lowest BCUT2D eigenvalue weighted by molar-refractivity contribution is 0.213. The fourth-order valence-electron chi connectivity index (χ4n) is 5.62. The van der Waals surface area contributed by atoms with Crippen LogP contribution in [0.5, 0.6) is 0 Å². The molecule has 0 aromatic heterocycles. The average molecular weight is 485 g/mol. The standard InChI is InChI=1S/C30H32ClF3/c1-3-4-17-30(31)18-9-8-12-25(30)20(2)27-26(32)19-24(28(33)29(27)34)23-15-13-22(14-16-23)21-10-6-5-7-11-21/h5-7,10-11,13-16,19-20,25H,3-4,8-9,12,17-18H2,1-2H3. The second kappa shape index (κ2) is 10.6. The molecule has 1 aliphatic carbocycles. The van der Waals surface area contributed by atoms with E-state index < -0.39 is 28.2 Å². The van der Waals surface area contributed by atoms with Crippen molar-refractivity contribution in [2.75, 3.05) is 0 Å². The molecule has 1 aliphatic rings. The molecule has 3 aromatic carbocycles. The van der Waals surface area contributed by atoms with Crippen LogP contribution in [0.2, 0.25) is 0 Å². The van der Waals surface area contributed by atoms with E-state index in [9.17, 15) is 0 Å². The summed E-state index contributed by atoms with van der Waals surface area (Å²) in [5.74, 6) is -3.38. The van der Waals surface area contributed by atoms with Crippen molar-refractivity contribution in [3.05, 3.63) is 83.7 Å². The van der Waals surface area contributed by atoms with Gasteiger partial charge in [-0.1, -0.05) is 94.1 Å². The van der Waals surface area contributed by atoms with E-state index in [0.29, 0.717) is 5.56 Å². The number of benzene rings is 3. The maximum Gasteiger partial charge on any atom is 0.167 e. The summed E-state index contributed by atoms with van der Waals surface area (Å²) in [4.78, 5) is -0.491. The number of rotatable bonds is 7. The molecule has 0 saturated heterocycles. The summed E-state index contributed by atoms with van der Waals surface area (Å²) in [5.41, 5.74) is 2.20. The van der Waals surface area contributed by atoms with Gasteiger partial charge in [0.1, 0.15) is 5.82 Å². The van der Waals surface area contributed by atoms with Crippen molar-refractivity contribution < 1.29 is 13.2 Å². The molecule has 34 heavy (non-hydrogen) atoms. The SMILES string of the molecule is CCCCC1(Cl)CCCCC1C(C)c1c(F)cc(-c2ccc(-c3ccccc3)cc2)c(F)c1F. The molecule has 1 fully saturated rings. The van der Waals surface area contributed by atoms with Crippen LogP contribution in [0, 0.1) is 23.4 Å². The van der Waals surface area contributed by atoms with Gasteiger partial charge in [-0.2, -0.15) is 0 Å². The van der Waals surface area contributed by atoms with Crippen LogP contribution in [0.1, 0.15) is 70.3 Å². The smallest absolute Gasteiger partial charge is 0.167 e. The average Bonchev–Trinajstić information content (AvgIpc) is 2.86. The Kier molecular flexibility index (Phi) is 7.72. The van der Waals surface area contributed by atoms with Crippen LogP contribution in [-0.4, -0.2) is 4.87 Å². The van der Waals surface area contributed by atoms with Crippen LogP contribution >= 0.6 is 11.6 Å². The van der Waals surface area contributed by atoms with E-state index in [0.717, 1.165) is 62.1 Å². The van der Waals surface area contributed by atoms with Gasteiger partial charge in [0.05, 0.1) is 0 Å². The minimum absolute atomic E-state index is 0.0580. The Balaban J connectivity index is 1.66. The highest BCUT2D eigenvalue weighted by atomic mass is 35.5. The maximum absolute atomic E-state index is 15.4. The summed E-state index contributed by atoms with van der Waals surface area (Å²) in [5, 5.41) is 0. The number of halogens is 4. The molecule has 0 nitrogen and oxygen atoms in total.